The van der Waals surface area contributed by atoms with Crippen molar-refractivity contribution in [1.29, 1.82) is 0 Å². The van der Waals surface area contributed by atoms with Crippen molar-refractivity contribution in [2.45, 2.75) is 50.1 Å². The standard InChI is InChI=1S/C19H27N3S/c1-20-13-17-12-19(16-8-10-18(23-2)11-9-16)22(21-17)14-15-6-4-3-5-7-15/h8-12,15,20H,3-7,13-14H2,1-2H3. The van der Waals surface area contributed by atoms with E-state index in [2.05, 4.69) is 46.6 Å². The third-order valence-electron chi connectivity index (χ3n) is 4.73. The Kier molecular flexibility index (Phi) is 5.79. The molecule has 0 bridgehead atoms. The van der Waals surface area contributed by atoms with Crippen molar-refractivity contribution in [2.24, 2.45) is 5.92 Å². The maximum atomic E-state index is 4.86. The maximum absolute atomic E-state index is 4.86. The molecular weight excluding hydrogens is 302 g/mol. The molecule has 3 rings (SSSR count). The van der Waals surface area contributed by atoms with Gasteiger partial charge in [0.1, 0.15) is 0 Å². The number of benzene rings is 1. The number of nitrogens with zero attached hydrogens (tertiary/aromatic N) is 2. The summed E-state index contributed by atoms with van der Waals surface area (Å²) >= 11 is 1.79. The highest BCUT2D eigenvalue weighted by Crippen LogP contribution is 2.29. The summed E-state index contributed by atoms with van der Waals surface area (Å²) < 4.78 is 2.25. The van der Waals surface area contributed by atoms with Gasteiger partial charge in [-0.05, 0) is 55.8 Å². The van der Waals surface area contributed by atoms with Gasteiger partial charge in [-0.3, -0.25) is 4.68 Å². The Morgan fingerprint density at radius 2 is 1.91 bits per heavy atom. The molecule has 23 heavy (non-hydrogen) atoms. The average Bonchev–Trinajstić information content (AvgIpc) is 2.99. The van der Waals surface area contributed by atoms with E-state index in [0.717, 1.165) is 24.7 Å². The Hall–Kier alpha value is -1.26. The van der Waals surface area contributed by atoms with Crippen LogP contribution in [0.3, 0.4) is 0 Å². The van der Waals surface area contributed by atoms with Crippen LogP contribution in [0.15, 0.2) is 35.2 Å². The molecule has 2 aromatic rings. The largest absolute Gasteiger partial charge is 0.314 e. The molecule has 0 spiro atoms. The van der Waals surface area contributed by atoms with Gasteiger partial charge in [0.05, 0.1) is 11.4 Å². The molecule has 1 saturated carbocycles. The van der Waals surface area contributed by atoms with E-state index < -0.39 is 0 Å². The predicted octanol–water partition coefficient (Wildman–Crippen LogP) is 4.57. The fourth-order valence-corrected chi connectivity index (χ4v) is 3.89. The van der Waals surface area contributed by atoms with Gasteiger partial charge in [-0.2, -0.15) is 5.10 Å². The quantitative estimate of drug-likeness (QED) is 0.787. The van der Waals surface area contributed by atoms with Gasteiger partial charge >= 0.3 is 0 Å². The zero-order valence-electron chi connectivity index (χ0n) is 14.2. The minimum Gasteiger partial charge on any atom is -0.314 e. The van der Waals surface area contributed by atoms with Gasteiger partial charge in [0.25, 0.3) is 0 Å². The van der Waals surface area contributed by atoms with E-state index in [0.29, 0.717) is 0 Å². The molecule has 0 unspecified atom stereocenters. The molecule has 0 aliphatic heterocycles. The zero-order valence-corrected chi connectivity index (χ0v) is 15.0. The van der Waals surface area contributed by atoms with Gasteiger partial charge < -0.3 is 5.32 Å². The number of aromatic nitrogens is 2. The van der Waals surface area contributed by atoms with Gasteiger partial charge in [0.2, 0.25) is 0 Å². The predicted molar refractivity (Wildman–Crippen MR) is 98.8 cm³/mol. The molecule has 0 radical (unpaired) electrons. The van der Waals surface area contributed by atoms with Crippen molar-refractivity contribution in [3.05, 3.63) is 36.0 Å². The highest BCUT2D eigenvalue weighted by Gasteiger charge is 2.17. The van der Waals surface area contributed by atoms with Crippen molar-refractivity contribution < 1.29 is 0 Å². The van der Waals surface area contributed by atoms with Crippen molar-refractivity contribution in [3.63, 3.8) is 0 Å². The zero-order chi connectivity index (χ0) is 16.1. The van der Waals surface area contributed by atoms with Gasteiger partial charge in [0.15, 0.2) is 0 Å². The fraction of sp³-hybridized carbons (Fsp3) is 0.526. The van der Waals surface area contributed by atoms with E-state index >= 15 is 0 Å². The number of hydrogen-bond donors (Lipinski definition) is 1. The van der Waals surface area contributed by atoms with Crippen molar-refractivity contribution in [3.8, 4) is 11.3 Å². The lowest BCUT2D eigenvalue weighted by Crippen LogP contribution is -2.16. The topological polar surface area (TPSA) is 29.9 Å². The molecule has 3 nitrogen and oxygen atoms in total. The minimum absolute atomic E-state index is 0.787. The second-order valence-electron chi connectivity index (χ2n) is 6.47. The first-order valence-electron chi connectivity index (χ1n) is 8.66. The Morgan fingerprint density at radius 1 is 1.17 bits per heavy atom. The number of rotatable bonds is 6. The lowest BCUT2D eigenvalue weighted by molar-refractivity contribution is 0.309. The van der Waals surface area contributed by atoms with E-state index in [1.165, 1.54) is 48.3 Å². The van der Waals surface area contributed by atoms with Crippen LogP contribution >= 0.6 is 11.8 Å². The molecule has 4 heteroatoms. The second-order valence-corrected chi connectivity index (χ2v) is 7.35. The molecule has 1 aromatic heterocycles. The summed E-state index contributed by atoms with van der Waals surface area (Å²) in [5.41, 5.74) is 3.66. The van der Waals surface area contributed by atoms with Crippen molar-refractivity contribution in [1.82, 2.24) is 15.1 Å². The van der Waals surface area contributed by atoms with Crippen LogP contribution in [0.5, 0.6) is 0 Å². The first-order valence-corrected chi connectivity index (χ1v) is 9.88. The lowest BCUT2D eigenvalue weighted by Gasteiger charge is -2.22. The average molecular weight is 330 g/mol. The van der Waals surface area contributed by atoms with E-state index in [1.54, 1.807) is 11.8 Å². The summed E-state index contributed by atoms with van der Waals surface area (Å²) in [6.07, 6.45) is 9.00. The van der Waals surface area contributed by atoms with Gasteiger partial charge in [-0.15, -0.1) is 11.8 Å². The third kappa shape index (κ3) is 4.18. The fourth-order valence-electron chi connectivity index (χ4n) is 3.49. The summed E-state index contributed by atoms with van der Waals surface area (Å²) in [6.45, 7) is 1.89. The van der Waals surface area contributed by atoms with E-state index in [9.17, 15) is 0 Å². The SMILES string of the molecule is CNCc1cc(-c2ccc(SC)cc2)n(CC2CCCCC2)n1. The van der Waals surface area contributed by atoms with Gasteiger partial charge in [0, 0.05) is 18.0 Å². The summed E-state index contributed by atoms with van der Waals surface area (Å²) in [4.78, 5) is 1.31. The van der Waals surface area contributed by atoms with Gasteiger partial charge in [-0.1, -0.05) is 31.4 Å². The smallest absolute Gasteiger partial charge is 0.0768 e. The molecule has 0 amide bonds. The first-order chi connectivity index (χ1) is 11.3. The first kappa shape index (κ1) is 16.6. The Bertz CT molecular complexity index is 612. The number of thioether (sulfide) groups is 1. The summed E-state index contributed by atoms with van der Waals surface area (Å²) in [6, 6.07) is 11.1. The summed E-state index contributed by atoms with van der Waals surface area (Å²) in [5.74, 6) is 0.787. The number of hydrogen-bond acceptors (Lipinski definition) is 3. The third-order valence-corrected chi connectivity index (χ3v) is 5.47. The highest BCUT2D eigenvalue weighted by atomic mass is 32.2. The highest BCUT2D eigenvalue weighted by molar-refractivity contribution is 7.98. The van der Waals surface area contributed by atoms with Crippen LogP contribution in [0, 0.1) is 5.92 Å². The van der Waals surface area contributed by atoms with E-state index in [4.69, 9.17) is 5.10 Å². The molecular formula is C19H27N3S. The lowest BCUT2D eigenvalue weighted by atomic mass is 9.89. The van der Waals surface area contributed by atoms with Crippen LogP contribution in [-0.2, 0) is 13.1 Å². The van der Waals surface area contributed by atoms with Crippen molar-refractivity contribution >= 4 is 11.8 Å². The summed E-state index contributed by atoms with van der Waals surface area (Å²) in [5, 5.41) is 8.08. The number of nitrogens with one attached hydrogen (secondary N) is 1. The Balaban J connectivity index is 1.86. The molecule has 1 N–H and O–H groups in total. The second kappa shape index (κ2) is 8.02. The minimum atomic E-state index is 0.787. The molecule has 124 valence electrons. The van der Waals surface area contributed by atoms with Crippen LogP contribution < -0.4 is 5.32 Å². The molecule has 1 fully saturated rings. The van der Waals surface area contributed by atoms with E-state index in [-0.39, 0.29) is 0 Å². The molecule has 1 aliphatic rings. The normalized spacial score (nSPS) is 15.9. The van der Waals surface area contributed by atoms with Crippen LogP contribution in [0.2, 0.25) is 0 Å². The molecule has 0 saturated heterocycles. The molecule has 0 atom stereocenters. The van der Waals surface area contributed by atoms with Crippen LogP contribution in [0.1, 0.15) is 37.8 Å². The monoisotopic (exact) mass is 329 g/mol. The van der Waals surface area contributed by atoms with Crippen LogP contribution in [0.4, 0.5) is 0 Å². The van der Waals surface area contributed by atoms with Crippen LogP contribution in [-0.4, -0.2) is 23.1 Å². The van der Waals surface area contributed by atoms with E-state index in [1.807, 2.05) is 7.05 Å². The van der Waals surface area contributed by atoms with Crippen molar-refractivity contribution in [2.75, 3.05) is 13.3 Å². The maximum Gasteiger partial charge on any atom is 0.0768 e. The molecule has 1 aromatic carbocycles. The van der Waals surface area contributed by atoms with Crippen LogP contribution in [0.25, 0.3) is 11.3 Å². The Labute approximate surface area is 143 Å². The Morgan fingerprint density at radius 3 is 2.57 bits per heavy atom. The summed E-state index contributed by atoms with van der Waals surface area (Å²) in [7, 11) is 1.98. The van der Waals surface area contributed by atoms with Gasteiger partial charge in [-0.25, -0.2) is 0 Å². The molecule has 1 heterocycles. The molecule has 1 aliphatic carbocycles.